The zero-order valence-electron chi connectivity index (χ0n) is 15.4. The van der Waals surface area contributed by atoms with Crippen molar-refractivity contribution in [2.45, 2.75) is 30.9 Å². The Morgan fingerprint density at radius 2 is 1.61 bits per heavy atom. The SMILES string of the molecule is CC(c1ccccc1)S(=O)(=O)n1nc(N2CCC(F)(F)CC2)c2ccccc21. The van der Waals surface area contributed by atoms with Crippen molar-refractivity contribution in [1.82, 2.24) is 9.19 Å². The van der Waals surface area contributed by atoms with Gasteiger partial charge in [0.15, 0.2) is 5.82 Å². The quantitative estimate of drug-likeness (QED) is 0.653. The van der Waals surface area contributed by atoms with Crippen LogP contribution in [-0.4, -0.2) is 36.6 Å². The van der Waals surface area contributed by atoms with Crippen LogP contribution in [-0.2, 0) is 10.0 Å². The lowest BCUT2D eigenvalue weighted by Crippen LogP contribution is -2.39. The third-order valence-electron chi connectivity index (χ3n) is 5.29. The molecule has 5 nitrogen and oxygen atoms in total. The van der Waals surface area contributed by atoms with Crippen LogP contribution >= 0.6 is 0 Å². The maximum atomic E-state index is 13.5. The molecule has 0 N–H and O–H groups in total. The van der Waals surface area contributed by atoms with Crippen molar-refractivity contribution in [2.24, 2.45) is 0 Å². The summed E-state index contributed by atoms with van der Waals surface area (Å²) < 4.78 is 54.8. The molecule has 1 fully saturated rings. The topological polar surface area (TPSA) is 55.2 Å². The average Bonchev–Trinajstić information content (AvgIpc) is 3.08. The number of anilines is 1. The van der Waals surface area contributed by atoms with E-state index in [0.717, 1.165) is 4.09 Å². The monoisotopic (exact) mass is 405 g/mol. The van der Waals surface area contributed by atoms with Gasteiger partial charge in [0.2, 0.25) is 0 Å². The van der Waals surface area contributed by atoms with Gasteiger partial charge < -0.3 is 4.90 Å². The molecular weight excluding hydrogens is 384 g/mol. The van der Waals surface area contributed by atoms with Gasteiger partial charge >= 0.3 is 0 Å². The first kappa shape index (κ1) is 18.9. The molecule has 1 aromatic heterocycles. The Hall–Kier alpha value is -2.48. The summed E-state index contributed by atoms with van der Waals surface area (Å²) in [4.78, 5) is 1.75. The van der Waals surface area contributed by atoms with Crippen LogP contribution < -0.4 is 4.90 Å². The summed E-state index contributed by atoms with van der Waals surface area (Å²) >= 11 is 0. The molecule has 28 heavy (non-hydrogen) atoms. The van der Waals surface area contributed by atoms with Crippen molar-refractivity contribution in [3.8, 4) is 0 Å². The number of piperidine rings is 1. The van der Waals surface area contributed by atoms with E-state index in [2.05, 4.69) is 5.10 Å². The summed E-state index contributed by atoms with van der Waals surface area (Å²) in [7, 11) is -3.83. The van der Waals surface area contributed by atoms with Crippen molar-refractivity contribution in [3.63, 3.8) is 0 Å². The van der Waals surface area contributed by atoms with Crippen molar-refractivity contribution in [1.29, 1.82) is 0 Å². The second kappa shape index (κ2) is 6.84. The lowest BCUT2D eigenvalue weighted by atomic mass is 10.1. The molecule has 0 saturated carbocycles. The highest BCUT2D eigenvalue weighted by Gasteiger charge is 2.36. The van der Waals surface area contributed by atoms with Gasteiger partial charge in [0.1, 0.15) is 5.25 Å². The highest BCUT2D eigenvalue weighted by molar-refractivity contribution is 7.90. The lowest BCUT2D eigenvalue weighted by molar-refractivity contribution is -0.0221. The van der Waals surface area contributed by atoms with Crippen molar-refractivity contribution in [2.75, 3.05) is 18.0 Å². The van der Waals surface area contributed by atoms with Gasteiger partial charge in [-0.2, -0.15) is 4.09 Å². The van der Waals surface area contributed by atoms with E-state index in [0.29, 0.717) is 22.3 Å². The Kier molecular flexibility index (Phi) is 4.61. The molecular formula is C20H21F2N3O2S. The molecule has 1 saturated heterocycles. The number of hydrogen-bond donors (Lipinski definition) is 0. The van der Waals surface area contributed by atoms with E-state index < -0.39 is 21.2 Å². The van der Waals surface area contributed by atoms with Gasteiger partial charge in [0.25, 0.3) is 15.9 Å². The third-order valence-corrected chi connectivity index (χ3v) is 7.21. The van der Waals surface area contributed by atoms with E-state index in [4.69, 9.17) is 0 Å². The fourth-order valence-corrected chi connectivity index (χ4v) is 4.97. The van der Waals surface area contributed by atoms with Crippen LogP contribution in [0.25, 0.3) is 10.9 Å². The van der Waals surface area contributed by atoms with Crippen LogP contribution in [0.15, 0.2) is 54.6 Å². The molecule has 148 valence electrons. The number of para-hydroxylation sites is 1. The van der Waals surface area contributed by atoms with E-state index >= 15 is 0 Å². The molecule has 0 amide bonds. The lowest BCUT2D eigenvalue weighted by Gasteiger charge is -2.31. The largest absolute Gasteiger partial charge is 0.354 e. The second-order valence-corrected chi connectivity index (χ2v) is 9.21. The number of rotatable bonds is 4. The summed E-state index contributed by atoms with van der Waals surface area (Å²) in [5, 5.41) is 4.24. The number of alkyl halides is 2. The number of aromatic nitrogens is 2. The first-order chi connectivity index (χ1) is 13.3. The summed E-state index contributed by atoms with van der Waals surface area (Å²) in [6, 6.07) is 16.0. The zero-order chi connectivity index (χ0) is 19.9. The first-order valence-corrected chi connectivity index (χ1v) is 10.7. The minimum absolute atomic E-state index is 0.141. The molecule has 1 atom stereocenters. The van der Waals surface area contributed by atoms with E-state index in [9.17, 15) is 17.2 Å². The summed E-state index contributed by atoms with van der Waals surface area (Å²) in [6.45, 7) is 1.91. The maximum absolute atomic E-state index is 13.5. The highest BCUT2D eigenvalue weighted by Crippen LogP contribution is 2.35. The molecule has 1 unspecified atom stereocenters. The van der Waals surface area contributed by atoms with Crippen LogP contribution in [0.1, 0.15) is 30.6 Å². The molecule has 8 heteroatoms. The fraction of sp³-hybridized carbons (Fsp3) is 0.350. The Morgan fingerprint density at radius 3 is 2.29 bits per heavy atom. The second-order valence-electron chi connectivity index (χ2n) is 7.12. The highest BCUT2D eigenvalue weighted by atomic mass is 32.2. The normalized spacial score (nSPS) is 18.3. The summed E-state index contributed by atoms with van der Waals surface area (Å²) in [5.74, 6) is -2.24. The minimum Gasteiger partial charge on any atom is -0.354 e. The smallest absolute Gasteiger partial charge is 0.261 e. The van der Waals surface area contributed by atoms with Gasteiger partial charge in [-0.3, -0.25) is 0 Å². The zero-order valence-corrected chi connectivity index (χ0v) is 16.2. The Bertz CT molecular complexity index is 1090. The van der Waals surface area contributed by atoms with Crippen molar-refractivity contribution >= 4 is 26.7 Å². The molecule has 0 aliphatic carbocycles. The molecule has 1 aliphatic heterocycles. The van der Waals surface area contributed by atoms with Crippen molar-refractivity contribution in [3.05, 3.63) is 60.2 Å². The molecule has 3 aromatic rings. The number of hydrogen-bond acceptors (Lipinski definition) is 4. The molecule has 0 radical (unpaired) electrons. The predicted molar refractivity (Wildman–Crippen MR) is 105 cm³/mol. The van der Waals surface area contributed by atoms with E-state index in [1.54, 1.807) is 60.4 Å². The Morgan fingerprint density at radius 1 is 1.00 bits per heavy atom. The van der Waals surface area contributed by atoms with Gasteiger partial charge in [-0.15, -0.1) is 5.10 Å². The molecule has 0 bridgehead atoms. The average molecular weight is 405 g/mol. The summed E-state index contributed by atoms with van der Waals surface area (Å²) in [6.07, 6.45) is -0.525. The van der Waals surface area contributed by atoms with Crippen LogP contribution in [0.2, 0.25) is 0 Å². The standard InChI is InChI=1S/C20H21F2N3O2S/c1-15(16-7-3-2-4-8-16)28(26,27)25-18-10-6-5-9-17(18)19(23-25)24-13-11-20(21,22)12-14-24/h2-10,15H,11-14H2,1H3. The van der Waals surface area contributed by atoms with E-state index in [1.807, 2.05) is 6.07 Å². The third kappa shape index (κ3) is 3.26. The molecule has 2 aromatic carbocycles. The minimum atomic E-state index is -3.83. The van der Waals surface area contributed by atoms with Crippen LogP contribution in [0, 0.1) is 0 Å². The molecule has 4 rings (SSSR count). The van der Waals surface area contributed by atoms with Gasteiger partial charge in [0.05, 0.1) is 5.52 Å². The van der Waals surface area contributed by atoms with Crippen molar-refractivity contribution < 1.29 is 17.2 Å². The van der Waals surface area contributed by atoms with E-state index in [-0.39, 0.29) is 25.9 Å². The van der Waals surface area contributed by atoms with Gasteiger partial charge in [-0.05, 0) is 24.6 Å². The van der Waals surface area contributed by atoms with Gasteiger partial charge in [-0.1, -0.05) is 42.5 Å². The van der Waals surface area contributed by atoms with E-state index in [1.165, 1.54) is 0 Å². The van der Waals surface area contributed by atoms with Crippen LogP contribution in [0.4, 0.5) is 14.6 Å². The van der Waals surface area contributed by atoms with Gasteiger partial charge in [0, 0.05) is 31.3 Å². The predicted octanol–water partition coefficient (Wildman–Crippen LogP) is 4.21. The first-order valence-electron chi connectivity index (χ1n) is 9.19. The number of nitrogens with zero attached hydrogens (tertiary/aromatic N) is 3. The summed E-state index contributed by atoms with van der Waals surface area (Å²) in [5.41, 5.74) is 1.12. The number of halogens is 2. The Balaban J connectivity index is 1.78. The van der Waals surface area contributed by atoms with Crippen LogP contribution in [0.3, 0.4) is 0 Å². The molecule has 1 aliphatic rings. The fourth-order valence-electron chi connectivity index (χ4n) is 3.54. The Labute approximate surface area is 162 Å². The maximum Gasteiger partial charge on any atom is 0.261 e. The number of fused-ring (bicyclic) bond motifs is 1. The van der Waals surface area contributed by atoms with Crippen LogP contribution in [0.5, 0.6) is 0 Å². The molecule has 2 heterocycles. The van der Waals surface area contributed by atoms with Gasteiger partial charge in [-0.25, -0.2) is 17.2 Å². The number of benzene rings is 2. The molecule has 0 spiro atoms.